The Morgan fingerprint density at radius 3 is 2.27 bits per heavy atom. The van der Waals surface area contributed by atoms with Crippen LogP contribution in [0.2, 0.25) is 0 Å². The zero-order chi connectivity index (χ0) is 8.27. The van der Waals surface area contributed by atoms with Crippen molar-refractivity contribution in [2.24, 2.45) is 0 Å². The molecule has 0 aromatic heterocycles. The van der Waals surface area contributed by atoms with Crippen LogP contribution in [0.3, 0.4) is 0 Å². The molecule has 1 aromatic rings. The highest BCUT2D eigenvalue weighted by Crippen LogP contribution is 2.09. The predicted octanol–water partition coefficient (Wildman–Crippen LogP) is 1.63. The second kappa shape index (κ2) is 3.30. The molecule has 0 unspecified atom stereocenters. The van der Waals surface area contributed by atoms with Crippen molar-refractivity contribution in [2.75, 3.05) is 7.05 Å². The number of anilines is 1. The van der Waals surface area contributed by atoms with Crippen LogP contribution in [0.4, 0.5) is 5.69 Å². The summed E-state index contributed by atoms with van der Waals surface area (Å²) in [6.07, 6.45) is 0. The molecule has 0 aliphatic heterocycles. The number of hydrogen-bond acceptors (Lipinski definition) is 1. The second-order valence-electron chi connectivity index (χ2n) is 2.41. The lowest BCUT2D eigenvalue weighted by Crippen LogP contribution is -2.23. The molecule has 0 spiro atoms. The Morgan fingerprint density at radius 2 is 1.82 bits per heavy atom. The monoisotopic (exact) mass is 149 g/mol. The quantitative estimate of drug-likeness (QED) is 0.556. The summed E-state index contributed by atoms with van der Waals surface area (Å²) in [5, 5.41) is 0. The van der Waals surface area contributed by atoms with Gasteiger partial charge in [-0.2, -0.15) is 0 Å². The van der Waals surface area contributed by atoms with Crippen LogP contribution in [0.5, 0.6) is 0 Å². The van der Waals surface area contributed by atoms with E-state index in [1.807, 2.05) is 30.3 Å². The topological polar surface area (TPSA) is 23.0 Å². The molecule has 0 aliphatic rings. The molecule has 1 amide bonds. The number of nitrogens with zero attached hydrogens (tertiary/aromatic N) is 1. The van der Waals surface area contributed by atoms with E-state index in [1.54, 1.807) is 18.9 Å². The zero-order valence-electron chi connectivity index (χ0n) is 6.74. The smallest absolute Gasteiger partial charge is 0.225 e. The molecule has 1 radical (unpaired) electrons. The van der Waals surface area contributed by atoms with Crippen LogP contribution in [-0.4, -0.2) is 13.0 Å². The summed E-state index contributed by atoms with van der Waals surface area (Å²) >= 11 is 0. The Morgan fingerprint density at radius 1 is 1.27 bits per heavy atom. The summed E-state index contributed by atoms with van der Waals surface area (Å²) in [6, 6.07) is 9.56. The lowest BCUT2D eigenvalue weighted by molar-refractivity contribution is -0.121. The number of rotatable bonds is 1. The molecular formula is C9H11NO+. The molecule has 2 heteroatoms. The molecule has 0 aliphatic carbocycles. The minimum Gasteiger partial charge on any atom is -0.225 e. The molecule has 0 saturated heterocycles. The SMILES string of the molecule is CC(=O)[N+](C)c1ccccc1. The summed E-state index contributed by atoms with van der Waals surface area (Å²) in [5.74, 6) is 0.0520. The lowest BCUT2D eigenvalue weighted by atomic mass is 10.3. The molecule has 0 N–H and O–H groups in total. The maximum Gasteiger partial charge on any atom is 0.363 e. The van der Waals surface area contributed by atoms with Crippen LogP contribution in [0.15, 0.2) is 30.3 Å². The predicted molar refractivity (Wildman–Crippen MR) is 44.8 cm³/mol. The third-order valence-electron chi connectivity index (χ3n) is 1.62. The Balaban J connectivity index is 2.85. The highest BCUT2D eigenvalue weighted by Gasteiger charge is 2.16. The number of para-hydroxylation sites is 1. The first-order valence-corrected chi connectivity index (χ1v) is 3.51. The van der Waals surface area contributed by atoms with Gasteiger partial charge in [-0.05, 0) is 0 Å². The third kappa shape index (κ3) is 1.88. The maximum atomic E-state index is 10.9. The van der Waals surface area contributed by atoms with Gasteiger partial charge < -0.3 is 0 Å². The highest BCUT2D eigenvalue weighted by molar-refractivity contribution is 5.81. The highest BCUT2D eigenvalue weighted by atomic mass is 16.2. The first kappa shape index (κ1) is 7.95. The van der Waals surface area contributed by atoms with Crippen molar-refractivity contribution in [2.45, 2.75) is 6.92 Å². The van der Waals surface area contributed by atoms with Gasteiger partial charge >= 0.3 is 5.91 Å². The van der Waals surface area contributed by atoms with E-state index >= 15 is 0 Å². The zero-order valence-corrected chi connectivity index (χ0v) is 6.74. The number of amides is 1. The molecule has 11 heavy (non-hydrogen) atoms. The van der Waals surface area contributed by atoms with Crippen LogP contribution in [0, 0.1) is 0 Å². The van der Waals surface area contributed by atoms with Gasteiger partial charge in [0.25, 0.3) is 0 Å². The second-order valence-corrected chi connectivity index (χ2v) is 2.41. The molecule has 0 heterocycles. The Labute approximate surface area is 66.4 Å². The number of carbonyl (C=O) groups is 1. The third-order valence-corrected chi connectivity index (χ3v) is 1.62. The van der Waals surface area contributed by atoms with Gasteiger partial charge in [-0.3, -0.25) is 0 Å². The average molecular weight is 149 g/mol. The molecule has 1 rings (SSSR count). The van der Waals surface area contributed by atoms with Crippen molar-refractivity contribution in [3.8, 4) is 0 Å². The fourth-order valence-corrected chi connectivity index (χ4v) is 0.833. The van der Waals surface area contributed by atoms with E-state index < -0.39 is 0 Å². The molecule has 0 saturated carbocycles. The first-order valence-electron chi connectivity index (χ1n) is 3.51. The molecule has 57 valence electrons. The standard InChI is InChI=1S/C9H11NO/c1-8(11)10(2)9-6-4-3-5-7-9/h3-7H,1-2H3/q+1. The van der Waals surface area contributed by atoms with Gasteiger partial charge in [0.15, 0.2) is 5.69 Å². The maximum absolute atomic E-state index is 10.9. The fourth-order valence-electron chi connectivity index (χ4n) is 0.833. The largest absolute Gasteiger partial charge is 0.363 e. The van der Waals surface area contributed by atoms with Gasteiger partial charge in [0.1, 0.15) is 7.05 Å². The van der Waals surface area contributed by atoms with Crippen molar-refractivity contribution < 1.29 is 4.79 Å². The Kier molecular flexibility index (Phi) is 2.39. The first-order chi connectivity index (χ1) is 5.22. The van der Waals surface area contributed by atoms with E-state index in [9.17, 15) is 4.79 Å². The number of carbonyl (C=O) groups excluding carboxylic acids is 1. The average Bonchev–Trinajstić information content (AvgIpc) is 2.05. The van der Waals surface area contributed by atoms with Gasteiger partial charge in [-0.1, -0.05) is 23.1 Å². The minimum atomic E-state index is 0.0520. The Bertz CT molecular complexity index is 243. The molecule has 1 aromatic carbocycles. The van der Waals surface area contributed by atoms with E-state index in [0.717, 1.165) is 5.69 Å². The van der Waals surface area contributed by atoms with Crippen LogP contribution in [0.25, 0.3) is 0 Å². The molecule has 0 bridgehead atoms. The van der Waals surface area contributed by atoms with E-state index in [4.69, 9.17) is 0 Å². The van der Waals surface area contributed by atoms with E-state index in [2.05, 4.69) is 0 Å². The summed E-state index contributed by atoms with van der Waals surface area (Å²) in [6.45, 7) is 1.55. The van der Waals surface area contributed by atoms with Crippen molar-refractivity contribution in [3.63, 3.8) is 0 Å². The summed E-state index contributed by atoms with van der Waals surface area (Å²) in [7, 11) is 1.76. The van der Waals surface area contributed by atoms with Crippen LogP contribution < -0.4 is 4.90 Å². The van der Waals surface area contributed by atoms with E-state index in [-0.39, 0.29) is 5.91 Å². The fraction of sp³-hybridized carbons (Fsp3) is 0.222. The number of hydrogen-bond donors (Lipinski definition) is 0. The molecular weight excluding hydrogens is 138 g/mol. The van der Waals surface area contributed by atoms with Gasteiger partial charge in [0, 0.05) is 12.1 Å². The van der Waals surface area contributed by atoms with Gasteiger partial charge in [-0.15, -0.1) is 0 Å². The van der Waals surface area contributed by atoms with E-state index in [0.29, 0.717) is 0 Å². The normalized spacial score (nSPS) is 10.1. The number of benzene rings is 1. The molecule has 0 atom stereocenters. The lowest BCUT2D eigenvalue weighted by Gasteiger charge is -1.98. The summed E-state index contributed by atoms with van der Waals surface area (Å²) < 4.78 is 0. The van der Waals surface area contributed by atoms with Crippen molar-refractivity contribution in [1.29, 1.82) is 0 Å². The minimum absolute atomic E-state index is 0.0520. The van der Waals surface area contributed by atoms with Gasteiger partial charge in [-0.25, -0.2) is 4.79 Å². The van der Waals surface area contributed by atoms with Crippen LogP contribution >= 0.6 is 0 Å². The van der Waals surface area contributed by atoms with Gasteiger partial charge in [0.05, 0.1) is 6.92 Å². The molecule has 0 fully saturated rings. The van der Waals surface area contributed by atoms with Gasteiger partial charge in [0.2, 0.25) is 0 Å². The van der Waals surface area contributed by atoms with Crippen molar-refractivity contribution in [1.82, 2.24) is 4.90 Å². The summed E-state index contributed by atoms with van der Waals surface area (Å²) in [5.41, 5.74) is 0.931. The summed E-state index contributed by atoms with van der Waals surface area (Å²) in [4.78, 5) is 12.5. The van der Waals surface area contributed by atoms with Crippen molar-refractivity contribution in [3.05, 3.63) is 30.3 Å². The van der Waals surface area contributed by atoms with Crippen LogP contribution in [-0.2, 0) is 4.79 Å². The Hall–Kier alpha value is -1.15. The van der Waals surface area contributed by atoms with Crippen LogP contribution in [0.1, 0.15) is 6.92 Å². The van der Waals surface area contributed by atoms with Crippen molar-refractivity contribution >= 4 is 11.6 Å². The molecule has 2 nitrogen and oxygen atoms in total. The van der Waals surface area contributed by atoms with E-state index in [1.165, 1.54) is 0 Å².